The first-order chi connectivity index (χ1) is 8.34. The molecule has 1 heterocycles. The van der Waals surface area contributed by atoms with Crippen LogP contribution in [-0.4, -0.2) is 6.54 Å². The molecule has 2 aromatic rings. The molecule has 3 rings (SSSR count). The second-order valence-electron chi connectivity index (χ2n) is 4.74. The van der Waals surface area contributed by atoms with Gasteiger partial charge in [-0.05, 0) is 48.2 Å². The van der Waals surface area contributed by atoms with Gasteiger partial charge in [0.05, 0.1) is 0 Å². The lowest BCUT2D eigenvalue weighted by Gasteiger charge is -2.28. The highest BCUT2D eigenvalue weighted by Gasteiger charge is 2.18. The Balaban J connectivity index is 2.00. The first-order valence-corrected chi connectivity index (χ1v) is 6.24. The molecule has 1 atom stereocenters. The Morgan fingerprint density at radius 2 is 1.88 bits per heavy atom. The van der Waals surface area contributed by atoms with Crippen LogP contribution in [0.25, 0.3) is 11.1 Å². The second-order valence-corrected chi connectivity index (χ2v) is 4.74. The molecule has 0 amide bonds. The van der Waals surface area contributed by atoms with Gasteiger partial charge in [-0.3, -0.25) is 0 Å². The predicted molar refractivity (Wildman–Crippen MR) is 72.0 cm³/mol. The van der Waals surface area contributed by atoms with Gasteiger partial charge in [0.2, 0.25) is 0 Å². The van der Waals surface area contributed by atoms with Gasteiger partial charge in [-0.25, -0.2) is 0 Å². The maximum Gasteiger partial charge on any atom is 0.0332 e. The minimum absolute atomic E-state index is 0.568. The zero-order valence-corrected chi connectivity index (χ0v) is 10.1. The predicted octanol–water partition coefficient (Wildman–Crippen LogP) is 3.70. The lowest BCUT2D eigenvalue weighted by atomic mass is 9.93. The van der Waals surface area contributed by atoms with Crippen molar-refractivity contribution in [1.29, 1.82) is 0 Å². The van der Waals surface area contributed by atoms with Crippen LogP contribution in [0.3, 0.4) is 0 Å². The van der Waals surface area contributed by atoms with Crippen LogP contribution in [0.2, 0.25) is 0 Å². The molecule has 1 unspecified atom stereocenters. The summed E-state index contributed by atoms with van der Waals surface area (Å²) in [5.74, 6) is 0. The van der Waals surface area contributed by atoms with Crippen molar-refractivity contribution < 1.29 is 0 Å². The molecule has 0 spiro atoms. The zero-order chi connectivity index (χ0) is 11.7. The van der Waals surface area contributed by atoms with Crippen molar-refractivity contribution in [2.75, 3.05) is 6.54 Å². The van der Waals surface area contributed by atoms with Crippen molar-refractivity contribution in [3.63, 3.8) is 0 Å². The third-order valence-electron chi connectivity index (χ3n) is 3.57. The van der Waals surface area contributed by atoms with Crippen molar-refractivity contribution >= 4 is 0 Å². The molecule has 1 N–H and O–H groups in total. The Morgan fingerprint density at radius 3 is 2.59 bits per heavy atom. The summed E-state index contributed by atoms with van der Waals surface area (Å²) < 4.78 is 0. The maximum atomic E-state index is 3.46. The summed E-state index contributed by atoms with van der Waals surface area (Å²) in [4.78, 5) is 0. The molecule has 1 fully saturated rings. The van der Waals surface area contributed by atoms with Crippen LogP contribution < -0.4 is 5.32 Å². The van der Waals surface area contributed by atoms with Gasteiger partial charge in [0.25, 0.3) is 0 Å². The van der Waals surface area contributed by atoms with Crippen LogP contribution in [0, 0.1) is 6.92 Å². The van der Waals surface area contributed by atoms with Crippen LogP contribution in [-0.2, 0) is 0 Å². The fourth-order valence-electron chi connectivity index (χ4n) is 2.39. The SMILES string of the molecule is Cc1ccccc1-c1cccc(C2CCN2)c1. The van der Waals surface area contributed by atoms with Crippen molar-refractivity contribution in [3.8, 4) is 11.1 Å². The van der Waals surface area contributed by atoms with Crippen LogP contribution >= 0.6 is 0 Å². The summed E-state index contributed by atoms with van der Waals surface area (Å²) in [6.07, 6.45) is 1.26. The lowest BCUT2D eigenvalue weighted by Crippen LogP contribution is -2.34. The minimum Gasteiger partial charge on any atom is -0.310 e. The number of hydrogen-bond donors (Lipinski definition) is 1. The van der Waals surface area contributed by atoms with Crippen LogP contribution in [0.4, 0.5) is 0 Å². The summed E-state index contributed by atoms with van der Waals surface area (Å²) in [6, 6.07) is 18.0. The van der Waals surface area contributed by atoms with E-state index in [2.05, 4.69) is 60.8 Å². The van der Waals surface area contributed by atoms with E-state index in [1.54, 1.807) is 0 Å². The third-order valence-corrected chi connectivity index (χ3v) is 3.57. The van der Waals surface area contributed by atoms with E-state index in [0.29, 0.717) is 6.04 Å². The number of aryl methyl sites for hydroxylation is 1. The molecule has 1 saturated heterocycles. The molecule has 2 aromatic carbocycles. The monoisotopic (exact) mass is 223 g/mol. The molecule has 0 saturated carbocycles. The Kier molecular flexibility index (Phi) is 2.69. The van der Waals surface area contributed by atoms with Crippen molar-refractivity contribution in [2.24, 2.45) is 0 Å². The van der Waals surface area contributed by atoms with Crippen LogP contribution in [0.15, 0.2) is 48.5 Å². The molecule has 0 aromatic heterocycles. The Labute approximate surface area is 102 Å². The molecule has 1 aliphatic rings. The Morgan fingerprint density at radius 1 is 1.06 bits per heavy atom. The molecule has 17 heavy (non-hydrogen) atoms. The van der Waals surface area contributed by atoms with Gasteiger partial charge >= 0.3 is 0 Å². The van der Waals surface area contributed by atoms with E-state index in [0.717, 1.165) is 6.54 Å². The molecular formula is C16H17N. The molecule has 86 valence electrons. The fourth-order valence-corrected chi connectivity index (χ4v) is 2.39. The number of hydrogen-bond acceptors (Lipinski definition) is 1. The third kappa shape index (κ3) is 1.98. The smallest absolute Gasteiger partial charge is 0.0332 e. The van der Waals surface area contributed by atoms with Crippen LogP contribution in [0.5, 0.6) is 0 Å². The quantitative estimate of drug-likeness (QED) is 0.818. The summed E-state index contributed by atoms with van der Waals surface area (Å²) in [5.41, 5.74) is 5.42. The number of rotatable bonds is 2. The van der Waals surface area contributed by atoms with Gasteiger partial charge < -0.3 is 5.32 Å². The van der Waals surface area contributed by atoms with Crippen molar-refractivity contribution in [3.05, 3.63) is 59.7 Å². The maximum absolute atomic E-state index is 3.46. The molecule has 0 bridgehead atoms. The van der Waals surface area contributed by atoms with E-state index >= 15 is 0 Å². The van der Waals surface area contributed by atoms with Gasteiger partial charge in [0.1, 0.15) is 0 Å². The molecule has 1 nitrogen and oxygen atoms in total. The van der Waals surface area contributed by atoms with E-state index in [4.69, 9.17) is 0 Å². The molecular weight excluding hydrogens is 206 g/mol. The topological polar surface area (TPSA) is 12.0 Å². The first-order valence-electron chi connectivity index (χ1n) is 6.24. The van der Waals surface area contributed by atoms with Crippen LogP contribution in [0.1, 0.15) is 23.6 Å². The Hall–Kier alpha value is -1.60. The number of benzene rings is 2. The zero-order valence-electron chi connectivity index (χ0n) is 10.1. The van der Waals surface area contributed by atoms with Crippen molar-refractivity contribution in [1.82, 2.24) is 5.32 Å². The highest BCUT2D eigenvalue weighted by molar-refractivity contribution is 5.67. The van der Waals surface area contributed by atoms with E-state index in [1.165, 1.54) is 28.7 Å². The van der Waals surface area contributed by atoms with Gasteiger partial charge in [0.15, 0.2) is 0 Å². The van der Waals surface area contributed by atoms with Gasteiger partial charge in [0, 0.05) is 6.04 Å². The average molecular weight is 223 g/mol. The second kappa shape index (κ2) is 4.34. The normalized spacial score (nSPS) is 18.8. The summed E-state index contributed by atoms with van der Waals surface area (Å²) >= 11 is 0. The number of nitrogens with one attached hydrogen (secondary N) is 1. The summed E-state index contributed by atoms with van der Waals surface area (Å²) in [6.45, 7) is 3.32. The molecule has 0 aliphatic carbocycles. The van der Waals surface area contributed by atoms with E-state index in [-0.39, 0.29) is 0 Å². The summed E-state index contributed by atoms with van der Waals surface area (Å²) in [5, 5.41) is 3.46. The Bertz CT molecular complexity index is 527. The van der Waals surface area contributed by atoms with E-state index in [9.17, 15) is 0 Å². The van der Waals surface area contributed by atoms with Crippen molar-refractivity contribution in [2.45, 2.75) is 19.4 Å². The highest BCUT2D eigenvalue weighted by atomic mass is 15.0. The highest BCUT2D eigenvalue weighted by Crippen LogP contribution is 2.28. The van der Waals surface area contributed by atoms with E-state index < -0.39 is 0 Å². The molecule has 0 radical (unpaired) electrons. The van der Waals surface area contributed by atoms with Gasteiger partial charge in [-0.15, -0.1) is 0 Å². The lowest BCUT2D eigenvalue weighted by molar-refractivity contribution is 0.383. The summed E-state index contributed by atoms with van der Waals surface area (Å²) in [7, 11) is 0. The minimum atomic E-state index is 0.568. The van der Waals surface area contributed by atoms with E-state index in [1.807, 2.05) is 0 Å². The standard InChI is InChI=1S/C16H17N/c1-12-5-2-3-8-15(12)13-6-4-7-14(11-13)16-9-10-17-16/h2-8,11,16-17H,9-10H2,1H3. The molecule has 1 heteroatoms. The van der Waals surface area contributed by atoms with Gasteiger partial charge in [-0.1, -0.05) is 42.5 Å². The average Bonchev–Trinajstić information content (AvgIpc) is 2.28. The fraction of sp³-hybridized carbons (Fsp3) is 0.250. The van der Waals surface area contributed by atoms with Gasteiger partial charge in [-0.2, -0.15) is 0 Å². The first kappa shape index (κ1) is 10.5. The molecule has 1 aliphatic heterocycles. The largest absolute Gasteiger partial charge is 0.310 e.